The summed E-state index contributed by atoms with van der Waals surface area (Å²) in [6.45, 7) is 8.36. The molecule has 4 aromatic rings. The molecule has 7 nitrogen and oxygen atoms in total. The van der Waals surface area contributed by atoms with Gasteiger partial charge in [0.05, 0.1) is 11.1 Å². The first-order chi connectivity index (χ1) is 18.3. The molecular formula is C28H29F3N6O. The molecule has 0 aliphatic carbocycles. The Kier molecular flexibility index (Phi) is 8.09. The van der Waals surface area contributed by atoms with Gasteiger partial charge < -0.3 is 15.1 Å². The summed E-state index contributed by atoms with van der Waals surface area (Å²) < 4.78 is 39.1. The Balaban J connectivity index is 0.00000164. The summed E-state index contributed by atoms with van der Waals surface area (Å²) in [6, 6.07) is 14.1. The summed E-state index contributed by atoms with van der Waals surface area (Å²) in [5.41, 5.74) is 2.31. The molecule has 5 rings (SSSR count). The Morgan fingerprint density at radius 1 is 0.895 bits per heavy atom. The minimum Gasteiger partial charge on any atom is -0.355 e. The number of fused-ring (bicyclic) bond motifs is 1. The number of aromatic nitrogens is 3. The number of halogens is 3. The zero-order valence-corrected chi connectivity index (χ0v) is 21.5. The average Bonchev–Trinajstić information content (AvgIpc) is 2.94. The van der Waals surface area contributed by atoms with Gasteiger partial charge in [-0.3, -0.25) is 9.78 Å². The Morgan fingerprint density at radius 3 is 2.24 bits per heavy atom. The summed E-state index contributed by atoms with van der Waals surface area (Å²) in [7, 11) is 0. The lowest BCUT2D eigenvalue weighted by atomic mass is 10.1. The smallest absolute Gasteiger partial charge is 0.355 e. The van der Waals surface area contributed by atoms with Gasteiger partial charge >= 0.3 is 6.18 Å². The average molecular weight is 523 g/mol. The molecule has 2 aromatic heterocycles. The highest BCUT2D eigenvalue weighted by molar-refractivity contribution is 5.96. The summed E-state index contributed by atoms with van der Waals surface area (Å²) in [4.78, 5) is 29.7. The van der Waals surface area contributed by atoms with Crippen LogP contribution in [-0.4, -0.2) is 51.9 Å². The van der Waals surface area contributed by atoms with Gasteiger partial charge in [-0.05, 0) is 55.5 Å². The molecule has 10 heteroatoms. The third kappa shape index (κ3) is 6.01. The molecule has 1 aliphatic rings. The zero-order chi connectivity index (χ0) is 27.3. The second-order valence-corrected chi connectivity index (χ2v) is 8.57. The highest BCUT2D eigenvalue weighted by Gasteiger charge is 2.30. The van der Waals surface area contributed by atoms with Crippen molar-refractivity contribution in [1.82, 2.24) is 19.9 Å². The number of nitrogens with one attached hydrogen (secondary N) is 1. The SMILES string of the molecule is CC.Cc1ccnc(N2CCN(C(=O)c3ccc(Nc4ccnc5cc(C(F)(F)F)ccc45)cc3)CC2)n1. The van der Waals surface area contributed by atoms with E-state index >= 15 is 0 Å². The number of rotatable bonds is 4. The Morgan fingerprint density at radius 2 is 1.58 bits per heavy atom. The molecule has 2 aromatic carbocycles. The van der Waals surface area contributed by atoms with Crippen LogP contribution in [0.3, 0.4) is 0 Å². The number of hydrogen-bond donors (Lipinski definition) is 1. The number of alkyl halides is 3. The third-order valence-electron chi connectivity index (χ3n) is 6.11. The van der Waals surface area contributed by atoms with Gasteiger partial charge in [0.15, 0.2) is 0 Å². The Labute approximate surface area is 219 Å². The van der Waals surface area contributed by atoms with E-state index in [-0.39, 0.29) is 11.4 Å². The van der Waals surface area contributed by atoms with Gasteiger partial charge in [0.25, 0.3) is 5.91 Å². The molecule has 0 bridgehead atoms. The standard InChI is InChI=1S/C26H23F3N6O.C2H6/c1-17-8-10-31-25(32-17)35-14-12-34(13-15-35)24(36)18-2-5-20(6-3-18)33-22-9-11-30-23-16-19(26(27,28)29)4-7-21(22)23;1-2/h2-11,16H,12-15H2,1H3,(H,30,33);1-2H3. The van der Waals surface area contributed by atoms with E-state index in [1.807, 2.05) is 31.7 Å². The molecule has 1 aliphatic heterocycles. The van der Waals surface area contributed by atoms with Crippen LogP contribution in [0.25, 0.3) is 10.9 Å². The molecule has 0 radical (unpaired) electrons. The number of carbonyl (C=O) groups is 1. The predicted molar refractivity (Wildman–Crippen MR) is 143 cm³/mol. The van der Waals surface area contributed by atoms with E-state index in [1.165, 1.54) is 12.3 Å². The van der Waals surface area contributed by atoms with Gasteiger partial charge in [-0.25, -0.2) is 9.97 Å². The highest BCUT2D eigenvalue weighted by atomic mass is 19.4. The maximum atomic E-state index is 13.0. The van der Waals surface area contributed by atoms with E-state index in [4.69, 9.17) is 0 Å². The summed E-state index contributed by atoms with van der Waals surface area (Å²) in [5, 5.41) is 3.78. The molecule has 1 amide bonds. The Bertz CT molecular complexity index is 1400. The quantitative estimate of drug-likeness (QED) is 0.350. The largest absolute Gasteiger partial charge is 0.416 e. The number of piperazine rings is 1. The number of carbonyl (C=O) groups excluding carboxylic acids is 1. The lowest BCUT2D eigenvalue weighted by Gasteiger charge is -2.34. The fourth-order valence-electron chi connectivity index (χ4n) is 4.17. The summed E-state index contributed by atoms with van der Waals surface area (Å²) in [5.74, 6) is 0.621. The zero-order valence-electron chi connectivity index (χ0n) is 21.5. The molecule has 0 unspecified atom stereocenters. The van der Waals surface area contributed by atoms with Crippen molar-refractivity contribution in [1.29, 1.82) is 0 Å². The lowest BCUT2D eigenvalue weighted by Crippen LogP contribution is -2.49. The predicted octanol–water partition coefficient (Wildman–Crippen LogP) is 6.08. The number of hydrogen-bond acceptors (Lipinski definition) is 6. The minimum absolute atomic E-state index is 0.0552. The minimum atomic E-state index is -4.43. The van der Waals surface area contributed by atoms with Crippen LogP contribution in [0.15, 0.2) is 67.0 Å². The van der Waals surface area contributed by atoms with Gasteiger partial charge in [0.1, 0.15) is 0 Å². The molecule has 1 N–H and O–H groups in total. The van der Waals surface area contributed by atoms with Crippen molar-refractivity contribution in [3.05, 3.63) is 83.8 Å². The second-order valence-electron chi connectivity index (χ2n) is 8.57. The van der Waals surface area contributed by atoms with Gasteiger partial charge in [-0.2, -0.15) is 13.2 Å². The van der Waals surface area contributed by atoms with Crippen LogP contribution in [-0.2, 0) is 6.18 Å². The van der Waals surface area contributed by atoms with Crippen LogP contribution < -0.4 is 10.2 Å². The molecule has 1 saturated heterocycles. The third-order valence-corrected chi connectivity index (χ3v) is 6.11. The lowest BCUT2D eigenvalue weighted by molar-refractivity contribution is -0.137. The first-order valence-electron chi connectivity index (χ1n) is 12.4. The fourth-order valence-corrected chi connectivity index (χ4v) is 4.17. The van der Waals surface area contributed by atoms with E-state index in [1.54, 1.807) is 36.5 Å². The van der Waals surface area contributed by atoms with E-state index < -0.39 is 11.7 Å². The first-order valence-corrected chi connectivity index (χ1v) is 12.4. The topological polar surface area (TPSA) is 74.2 Å². The van der Waals surface area contributed by atoms with Crippen LogP contribution in [0.5, 0.6) is 0 Å². The van der Waals surface area contributed by atoms with Crippen LogP contribution in [0, 0.1) is 6.92 Å². The number of benzene rings is 2. The molecule has 0 spiro atoms. The van der Waals surface area contributed by atoms with Crippen molar-refractivity contribution < 1.29 is 18.0 Å². The highest BCUT2D eigenvalue weighted by Crippen LogP contribution is 2.33. The second kappa shape index (κ2) is 11.5. The van der Waals surface area contributed by atoms with Crippen molar-refractivity contribution in [2.24, 2.45) is 0 Å². The monoisotopic (exact) mass is 522 g/mol. The number of pyridine rings is 1. The maximum Gasteiger partial charge on any atom is 0.416 e. The maximum absolute atomic E-state index is 13.0. The van der Waals surface area contributed by atoms with E-state index in [2.05, 4.69) is 25.2 Å². The molecule has 38 heavy (non-hydrogen) atoms. The van der Waals surface area contributed by atoms with Crippen LogP contribution >= 0.6 is 0 Å². The summed E-state index contributed by atoms with van der Waals surface area (Å²) >= 11 is 0. The van der Waals surface area contributed by atoms with Gasteiger partial charge in [-0.15, -0.1) is 0 Å². The van der Waals surface area contributed by atoms with Crippen LogP contribution in [0.4, 0.5) is 30.5 Å². The molecule has 0 saturated carbocycles. The van der Waals surface area contributed by atoms with Crippen molar-refractivity contribution in [3.63, 3.8) is 0 Å². The van der Waals surface area contributed by atoms with Crippen molar-refractivity contribution >= 4 is 34.1 Å². The fraction of sp³-hybridized carbons (Fsp3) is 0.286. The van der Waals surface area contributed by atoms with E-state index in [9.17, 15) is 18.0 Å². The Hall–Kier alpha value is -4.21. The van der Waals surface area contributed by atoms with Crippen molar-refractivity contribution in [3.8, 4) is 0 Å². The van der Waals surface area contributed by atoms with E-state index in [0.29, 0.717) is 54.5 Å². The number of anilines is 3. The number of amides is 1. The van der Waals surface area contributed by atoms with Crippen LogP contribution in [0.2, 0.25) is 0 Å². The molecular weight excluding hydrogens is 493 g/mol. The summed E-state index contributed by atoms with van der Waals surface area (Å²) in [6.07, 6.45) is -1.23. The molecule has 0 atom stereocenters. The molecule has 3 heterocycles. The molecule has 1 fully saturated rings. The number of aryl methyl sites for hydroxylation is 1. The first kappa shape index (κ1) is 26.8. The van der Waals surface area contributed by atoms with Crippen molar-refractivity contribution in [2.45, 2.75) is 26.9 Å². The normalized spacial score (nSPS) is 13.6. The molecule has 198 valence electrons. The number of nitrogens with zero attached hydrogens (tertiary/aromatic N) is 5. The van der Waals surface area contributed by atoms with Gasteiger partial charge in [0, 0.05) is 66.6 Å². The van der Waals surface area contributed by atoms with Gasteiger partial charge in [-0.1, -0.05) is 19.9 Å². The van der Waals surface area contributed by atoms with Crippen molar-refractivity contribution in [2.75, 3.05) is 36.4 Å². The van der Waals surface area contributed by atoms with Gasteiger partial charge in [0.2, 0.25) is 5.95 Å². The van der Waals surface area contributed by atoms with Crippen LogP contribution in [0.1, 0.15) is 35.5 Å². The van der Waals surface area contributed by atoms with E-state index in [0.717, 1.165) is 17.8 Å².